The number of nitrogens with one attached hydrogen (secondary N) is 1. The van der Waals surface area contributed by atoms with Crippen LogP contribution in [0.25, 0.3) is 6.08 Å². The molecule has 5 nitrogen and oxygen atoms in total. The third kappa shape index (κ3) is 4.16. The molecular weight excluding hydrogens is 266 g/mol. The van der Waals surface area contributed by atoms with Gasteiger partial charge in [-0.15, -0.1) is 0 Å². The van der Waals surface area contributed by atoms with Crippen LogP contribution >= 0.6 is 0 Å². The summed E-state index contributed by atoms with van der Waals surface area (Å²) in [7, 11) is 1.93. The third-order valence-corrected chi connectivity index (χ3v) is 3.70. The van der Waals surface area contributed by atoms with E-state index in [9.17, 15) is 9.59 Å². The summed E-state index contributed by atoms with van der Waals surface area (Å²) in [4.78, 5) is 24.9. The molecule has 2 rings (SSSR count). The largest absolute Gasteiger partial charge is 0.366 e. The molecular formula is C16H21N3O2. The number of nitrogens with zero attached hydrogens (tertiary/aromatic N) is 1. The second kappa shape index (κ2) is 7.04. The zero-order valence-electron chi connectivity index (χ0n) is 12.2. The highest BCUT2D eigenvalue weighted by Crippen LogP contribution is 2.16. The molecule has 0 bridgehead atoms. The second-order valence-corrected chi connectivity index (χ2v) is 5.32. The number of nitrogens with two attached hydrogens (primary N) is 1. The van der Waals surface area contributed by atoms with Gasteiger partial charge in [0.25, 0.3) is 0 Å². The van der Waals surface area contributed by atoms with Crippen molar-refractivity contribution in [3.05, 3.63) is 41.5 Å². The predicted molar refractivity (Wildman–Crippen MR) is 82.6 cm³/mol. The Balaban J connectivity index is 1.91. The lowest BCUT2D eigenvalue weighted by Gasteiger charge is -2.14. The minimum atomic E-state index is -0.450. The van der Waals surface area contributed by atoms with Gasteiger partial charge in [-0.05, 0) is 49.7 Å². The maximum Gasteiger partial charge on any atom is 0.248 e. The molecule has 1 fully saturated rings. The summed E-state index contributed by atoms with van der Waals surface area (Å²) in [5.74, 6) is 0.129. The number of rotatable bonds is 5. The van der Waals surface area contributed by atoms with E-state index in [-0.39, 0.29) is 5.91 Å². The molecule has 1 aliphatic rings. The lowest BCUT2D eigenvalue weighted by molar-refractivity contribution is -0.125. The van der Waals surface area contributed by atoms with Crippen LogP contribution in [0.5, 0.6) is 0 Å². The number of likely N-dealkylation sites (tertiary alicyclic amines) is 1. The lowest BCUT2D eigenvalue weighted by atomic mass is 10.1. The van der Waals surface area contributed by atoms with Crippen molar-refractivity contribution < 1.29 is 9.59 Å². The Bertz CT molecular complexity index is 537. The van der Waals surface area contributed by atoms with Gasteiger partial charge >= 0.3 is 0 Å². The molecule has 0 aromatic heterocycles. The van der Waals surface area contributed by atoms with Crippen LogP contribution < -0.4 is 11.1 Å². The van der Waals surface area contributed by atoms with E-state index >= 15 is 0 Å². The van der Waals surface area contributed by atoms with Gasteiger partial charge in [0.15, 0.2) is 0 Å². The highest BCUT2D eigenvalue weighted by molar-refractivity contribution is 5.94. The van der Waals surface area contributed by atoms with Gasteiger partial charge < -0.3 is 16.0 Å². The van der Waals surface area contributed by atoms with Crippen molar-refractivity contribution in [2.45, 2.75) is 6.42 Å². The van der Waals surface area contributed by atoms with Gasteiger partial charge in [-0.1, -0.05) is 12.1 Å². The fraction of sp³-hybridized carbons (Fsp3) is 0.375. The van der Waals surface area contributed by atoms with E-state index < -0.39 is 5.91 Å². The third-order valence-electron chi connectivity index (χ3n) is 3.70. The molecule has 0 radical (unpaired) electrons. The van der Waals surface area contributed by atoms with Crippen LogP contribution in [0.4, 0.5) is 0 Å². The molecule has 0 spiro atoms. The van der Waals surface area contributed by atoms with Crippen LogP contribution in [0.3, 0.4) is 0 Å². The summed E-state index contributed by atoms with van der Waals surface area (Å²) in [6.07, 6.45) is 4.40. The number of primary amides is 1. The first kappa shape index (κ1) is 15.3. The molecule has 1 heterocycles. The van der Waals surface area contributed by atoms with Crippen LogP contribution in [0.2, 0.25) is 0 Å². The molecule has 21 heavy (non-hydrogen) atoms. The van der Waals surface area contributed by atoms with Crippen LogP contribution in [0.15, 0.2) is 30.3 Å². The first-order chi connectivity index (χ1) is 10.1. The van der Waals surface area contributed by atoms with Gasteiger partial charge in [-0.25, -0.2) is 0 Å². The van der Waals surface area contributed by atoms with Gasteiger partial charge in [0.2, 0.25) is 11.8 Å². The maximum atomic E-state index is 12.1. The molecule has 1 aromatic carbocycles. The van der Waals surface area contributed by atoms with E-state index in [1.54, 1.807) is 36.4 Å². The highest BCUT2D eigenvalue weighted by Gasteiger charge is 2.24. The minimum absolute atomic E-state index is 0.0348. The van der Waals surface area contributed by atoms with Crippen LogP contribution in [0.1, 0.15) is 22.3 Å². The number of amides is 2. The quantitative estimate of drug-likeness (QED) is 0.789. The maximum absolute atomic E-state index is 12.1. The Kier molecular flexibility index (Phi) is 5.11. The lowest BCUT2D eigenvalue weighted by Crippen LogP contribution is -2.28. The molecule has 1 aliphatic heterocycles. The van der Waals surface area contributed by atoms with E-state index in [1.165, 1.54) is 0 Å². The summed E-state index contributed by atoms with van der Waals surface area (Å²) < 4.78 is 0. The summed E-state index contributed by atoms with van der Waals surface area (Å²) in [6, 6.07) is 6.87. The smallest absolute Gasteiger partial charge is 0.248 e. The monoisotopic (exact) mass is 287 g/mol. The molecule has 3 N–H and O–H groups in total. The van der Waals surface area contributed by atoms with Crippen molar-refractivity contribution in [3.63, 3.8) is 0 Å². The molecule has 5 heteroatoms. The summed E-state index contributed by atoms with van der Waals surface area (Å²) in [5, 5.41) is 3.15. The Hall–Kier alpha value is -2.14. The van der Waals surface area contributed by atoms with Gasteiger partial charge in [-0.2, -0.15) is 0 Å². The SMILES string of the molecule is CNCC1CCN(C(=O)C=Cc2ccc(C(N)=O)cc2)C1. The Labute approximate surface area is 124 Å². The standard InChI is InChI=1S/C16H21N3O2/c1-18-10-13-8-9-19(11-13)15(20)7-4-12-2-5-14(6-3-12)16(17)21/h2-7,13,18H,8-11H2,1H3,(H2,17,21). The van der Waals surface area contributed by atoms with Crippen molar-refractivity contribution in [2.24, 2.45) is 11.7 Å². The molecule has 1 atom stereocenters. The average Bonchev–Trinajstić information content (AvgIpc) is 2.94. The summed E-state index contributed by atoms with van der Waals surface area (Å²) >= 11 is 0. The van der Waals surface area contributed by atoms with E-state index in [2.05, 4.69) is 5.32 Å². The first-order valence-electron chi connectivity index (χ1n) is 7.11. The number of carbonyl (C=O) groups is 2. The van der Waals surface area contributed by atoms with E-state index in [4.69, 9.17) is 5.73 Å². The molecule has 1 saturated heterocycles. The number of hydrogen-bond donors (Lipinski definition) is 2. The topological polar surface area (TPSA) is 75.4 Å². The number of benzene rings is 1. The van der Waals surface area contributed by atoms with E-state index in [0.717, 1.165) is 31.6 Å². The van der Waals surface area contributed by atoms with Gasteiger partial charge in [0.1, 0.15) is 0 Å². The first-order valence-corrected chi connectivity index (χ1v) is 7.11. The zero-order valence-corrected chi connectivity index (χ0v) is 12.2. The summed E-state index contributed by atoms with van der Waals surface area (Å²) in [5.41, 5.74) is 6.52. The number of hydrogen-bond acceptors (Lipinski definition) is 3. The van der Waals surface area contributed by atoms with Crippen LogP contribution in [-0.4, -0.2) is 43.4 Å². The van der Waals surface area contributed by atoms with Gasteiger partial charge in [-0.3, -0.25) is 9.59 Å². The normalized spacial score (nSPS) is 18.3. The van der Waals surface area contributed by atoms with E-state index in [0.29, 0.717) is 11.5 Å². The predicted octanol–water partition coefficient (Wildman–Crippen LogP) is 0.867. The van der Waals surface area contributed by atoms with E-state index in [1.807, 2.05) is 11.9 Å². The highest BCUT2D eigenvalue weighted by atomic mass is 16.2. The molecule has 112 valence electrons. The Morgan fingerprint density at radius 3 is 2.71 bits per heavy atom. The second-order valence-electron chi connectivity index (χ2n) is 5.32. The van der Waals surface area contributed by atoms with Gasteiger partial charge in [0, 0.05) is 24.7 Å². The van der Waals surface area contributed by atoms with Crippen molar-refractivity contribution >= 4 is 17.9 Å². The Morgan fingerprint density at radius 1 is 1.38 bits per heavy atom. The molecule has 1 aromatic rings. The fourth-order valence-electron chi connectivity index (χ4n) is 2.52. The van der Waals surface area contributed by atoms with Crippen LogP contribution in [0, 0.1) is 5.92 Å². The zero-order chi connectivity index (χ0) is 15.2. The van der Waals surface area contributed by atoms with Crippen molar-refractivity contribution in [3.8, 4) is 0 Å². The van der Waals surface area contributed by atoms with Crippen molar-refractivity contribution in [2.75, 3.05) is 26.7 Å². The molecule has 0 saturated carbocycles. The molecule has 2 amide bonds. The molecule has 1 unspecified atom stereocenters. The number of carbonyl (C=O) groups excluding carboxylic acids is 2. The van der Waals surface area contributed by atoms with Crippen LogP contribution in [-0.2, 0) is 4.79 Å². The van der Waals surface area contributed by atoms with Crippen molar-refractivity contribution in [1.29, 1.82) is 0 Å². The Morgan fingerprint density at radius 2 is 2.10 bits per heavy atom. The minimum Gasteiger partial charge on any atom is -0.366 e. The van der Waals surface area contributed by atoms with Gasteiger partial charge in [0.05, 0.1) is 0 Å². The average molecular weight is 287 g/mol. The fourth-order valence-corrected chi connectivity index (χ4v) is 2.52. The van der Waals surface area contributed by atoms with Crippen molar-refractivity contribution in [1.82, 2.24) is 10.2 Å². The summed E-state index contributed by atoms with van der Waals surface area (Å²) in [6.45, 7) is 2.57. The molecule has 0 aliphatic carbocycles.